The minimum absolute atomic E-state index is 0.154. The topological polar surface area (TPSA) is 81.3 Å². The van der Waals surface area contributed by atoms with Gasteiger partial charge in [0, 0.05) is 14.1 Å². The van der Waals surface area contributed by atoms with Crippen LogP contribution in [-0.4, -0.2) is 20.2 Å². The highest BCUT2D eigenvalue weighted by Crippen LogP contribution is 2.04. The predicted molar refractivity (Wildman–Crippen MR) is 103 cm³/mol. The second kappa shape index (κ2) is 7.29. The van der Waals surface area contributed by atoms with Gasteiger partial charge in [0.25, 0.3) is 11.1 Å². The van der Waals surface area contributed by atoms with Gasteiger partial charge in [-0.15, -0.1) is 0 Å². The first-order valence-electron chi connectivity index (χ1n) is 8.26. The van der Waals surface area contributed by atoms with Crippen LogP contribution < -0.4 is 21.8 Å². The van der Waals surface area contributed by atoms with Crippen LogP contribution in [0.4, 0.5) is 0 Å². The van der Waals surface area contributed by atoms with Gasteiger partial charge in [-0.25, -0.2) is 4.79 Å². The van der Waals surface area contributed by atoms with Crippen LogP contribution in [0.2, 0.25) is 0 Å². The van der Waals surface area contributed by atoms with Crippen LogP contribution in [0, 0.1) is 0 Å². The molecule has 3 aromatic rings. The van der Waals surface area contributed by atoms with Gasteiger partial charge in [-0.3, -0.25) is 9.59 Å². The number of carbonyl (C=O) groups is 1. The van der Waals surface area contributed by atoms with Crippen LogP contribution in [0.15, 0.2) is 64.2 Å². The molecule has 0 saturated carbocycles. The zero-order valence-electron chi connectivity index (χ0n) is 14.9. The van der Waals surface area contributed by atoms with E-state index < -0.39 is 5.97 Å². The van der Waals surface area contributed by atoms with Crippen LogP contribution in [0.3, 0.4) is 0 Å². The van der Waals surface area contributed by atoms with E-state index in [1.54, 1.807) is 38.4 Å². The highest BCUT2D eigenvalue weighted by atomic mass is 16.4. The van der Waals surface area contributed by atoms with E-state index in [2.05, 4.69) is 0 Å². The summed E-state index contributed by atoms with van der Waals surface area (Å²) in [6, 6.07) is 15.4. The summed E-state index contributed by atoms with van der Waals surface area (Å²) >= 11 is 0. The van der Waals surface area contributed by atoms with Crippen molar-refractivity contribution in [2.75, 3.05) is 0 Å². The molecule has 0 unspecified atom stereocenters. The van der Waals surface area contributed by atoms with Gasteiger partial charge in [-0.2, -0.15) is 0 Å². The Morgan fingerprint density at radius 3 is 1.67 bits per heavy atom. The van der Waals surface area contributed by atoms with E-state index in [-0.39, 0.29) is 27.4 Å². The number of aromatic nitrogens is 2. The molecule has 0 aliphatic heterocycles. The van der Waals surface area contributed by atoms with Crippen LogP contribution in [0.25, 0.3) is 12.2 Å². The van der Waals surface area contributed by atoms with Gasteiger partial charge in [0.1, 0.15) is 10.7 Å². The van der Waals surface area contributed by atoms with E-state index in [9.17, 15) is 14.4 Å². The van der Waals surface area contributed by atoms with E-state index >= 15 is 0 Å². The summed E-state index contributed by atoms with van der Waals surface area (Å²) in [5, 5.41) is 9.47. The Balaban J connectivity index is 2.22. The number of carboxylic acids is 1. The summed E-state index contributed by atoms with van der Waals surface area (Å²) < 4.78 is 2.63. The molecule has 0 fully saturated rings. The lowest BCUT2D eigenvalue weighted by Crippen LogP contribution is -2.56. The number of hydrogen-bond donors (Lipinski definition) is 1. The van der Waals surface area contributed by atoms with E-state index in [1.807, 2.05) is 30.3 Å². The first kappa shape index (κ1) is 18.1. The number of nitrogens with zero attached hydrogens (tertiary/aromatic N) is 2. The number of carboxylic acid groups (broad SMARTS) is 1. The van der Waals surface area contributed by atoms with Gasteiger partial charge >= 0.3 is 5.97 Å². The van der Waals surface area contributed by atoms with Gasteiger partial charge in [-0.05, 0) is 35.4 Å². The van der Waals surface area contributed by atoms with Crippen molar-refractivity contribution in [3.05, 3.63) is 103 Å². The van der Waals surface area contributed by atoms with Gasteiger partial charge in [0.05, 0.1) is 5.56 Å². The molecular weight excluding hydrogens is 344 g/mol. The molecule has 3 rings (SSSR count). The standard InChI is InChI=1S/C21H18N2O4/c1-22-17(12-14-6-4-3-5-7-14)19(24)23(2)18(20(22)25)13-15-8-10-16(11-9-15)21(26)27/h3-13H,1-2H3,(H,26,27). The molecule has 0 spiro atoms. The minimum atomic E-state index is -1.02. The minimum Gasteiger partial charge on any atom is -0.478 e. The quantitative estimate of drug-likeness (QED) is 0.733. The second-order valence-corrected chi connectivity index (χ2v) is 6.13. The molecule has 6 heteroatoms. The highest BCUT2D eigenvalue weighted by Gasteiger charge is 2.06. The summed E-state index contributed by atoms with van der Waals surface area (Å²) in [6.07, 6.45) is 3.25. The average Bonchev–Trinajstić information content (AvgIpc) is 2.68. The van der Waals surface area contributed by atoms with Crippen molar-refractivity contribution in [1.29, 1.82) is 0 Å². The Labute approximate surface area is 154 Å². The maximum Gasteiger partial charge on any atom is 0.335 e. The lowest BCUT2D eigenvalue weighted by molar-refractivity contribution is 0.0697. The first-order valence-corrected chi connectivity index (χ1v) is 8.26. The number of hydrogen-bond acceptors (Lipinski definition) is 3. The number of benzene rings is 2. The fourth-order valence-electron chi connectivity index (χ4n) is 2.75. The number of rotatable bonds is 3. The van der Waals surface area contributed by atoms with Gasteiger partial charge in [0.15, 0.2) is 0 Å². The Morgan fingerprint density at radius 1 is 0.778 bits per heavy atom. The van der Waals surface area contributed by atoms with E-state index in [4.69, 9.17) is 5.11 Å². The molecule has 0 bridgehead atoms. The van der Waals surface area contributed by atoms with Gasteiger partial charge in [0.2, 0.25) is 0 Å². The average molecular weight is 362 g/mol. The molecule has 0 saturated heterocycles. The van der Waals surface area contributed by atoms with Crippen LogP contribution >= 0.6 is 0 Å². The molecular formula is C21H18N2O4. The van der Waals surface area contributed by atoms with E-state index in [1.165, 1.54) is 21.3 Å². The fourth-order valence-corrected chi connectivity index (χ4v) is 2.75. The largest absolute Gasteiger partial charge is 0.478 e. The molecule has 1 heterocycles. The summed E-state index contributed by atoms with van der Waals surface area (Å²) in [5.41, 5.74) is 0.996. The molecule has 6 nitrogen and oxygen atoms in total. The molecule has 0 aliphatic rings. The SMILES string of the molecule is Cn1c(=O)c(=Cc2ccc(C(=O)O)cc2)n(C)c(=O)c1=Cc1ccccc1. The van der Waals surface area contributed by atoms with Gasteiger partial charge in [-0.1, -0.05) is 42.5 Å². The third kappa shape index (κ3) is 3.64. The maximum atomic E-state index is 12.8. The summed E-state index contributed by atoms with van der Waals surface area (Å²) in [4.78, 5) is 36.5. The Kier molecular flexibility index (Phi) is 4.90. The maximum absolute atomic E-state index is 12.8. The molecule has 27 heavy (non-hydrogen) atoms. The zero-order valence-corrected chi connectivity index (χ0v) is 14.9. The van der Waals surface area contributed by atoms with Crippen molar-refractivity contribution in [2.45, 2.75) is 0 Å². The van der Waals surface area contributed by atoms with Crippen molar-refractivity contribution in [2.24, 2.45) is 14.1 Å². The monoisotopic (exact) mass is 362 g/mol. The van der Waals surface area contributed by atoms with E-state index in [0.29, 0.717) is 5.56 Å². The molecule has 0 atom stereocenters. The van der Waals surface area contributed by atoms with Gasteiger partial charge < -0.3 is 14.2 Å². The van der Waals surface area contributed by atoms with E-state index in [0.717, 1.165) is 5.56 Å². The lowest BCUT2D eigenvalue weighted by atomic mass is 10.1. The van der Waals surface area contributed by atoms with Crippen LogP contribution in [0.5, 0.6) is 0 Å². The third-order valence-corrected chi connectivity index (χ3v) is 4.33. The van der Waals surface area contributed by atoms with Crippen molar-refractivity contribution < 1.29 is 9.90 Å². The third-order valence-electron chi connectivity index (χ3n) is 4.33. The highest BCUT2D eigenvalue weighted by molar-refractivity contribution is 5.87. The first-order chi connectivity index (χ1) is 12.9. The predicted octanol–water partition coefficient (Wildman–Crippen LogP) is 0.440. The summed E-state index contributed by atoms with van der Waals surface area (Å²) in [7, 11) is 3.10. The normalized spacial score (nSPS) is 12.4. The molecule has 0 amide bonds. The van der Waals surface area contributed by atoms with Crippen molar-refractivity contribution in [3.8, 4) is 0 Å². The Bertz CT molecular complexity index is 1230. The number of aromatic carboxylic acids is 1. The molecule has 0 radical (unpaired) electrons. The Morgan fingerprint density at radius 2 is 1.22 bits per heavy atom. The van der Waals surface area contributed by atoms with Crippen LogP contribution in [0.1, 0.15) is 21.5 Å². The second-order valence-electron chi connectivity index (χ2n) is 6.13. The molecule has 136 valence electrons. The smallest absolute Gasteiger partial charge is 0.335 e. The fraction of sp³-hybridized carbons (Fsp3) is 0.0952. The van der Waals surface area contributed by atoms with Crippen molar-refractivity contribution in [3.63, 3.8) is 0 Å². The van der Waals surface area contributed by atoms with Crippen molar-refractivity contribution >= 4 is 18.1 Å². The lowest BCUT2D eigenvalue weighted by Gasteiger charge is -2.05. The Hall–Kier alpha value is -3.67. The molecule has 0 aliphatic carbocycles. The molecule has 1 N–H and O–H groups in total. The summed E-state index contributed by atoms with van der Waals surface area (Å²) in [6.45, 7) is 0. The zero-order chi connectivity index (χ0) is 19.6. The molecule has 1 aromatic heterocycles. The van der Waals surface area contributed by atoms with Crippen LogP contribution in [-0.2, 0) is 14.1 Å². The van der Waals surface area contributed by atoms with Crippen molar-refractivity contribution in [1.82, 2.24) is 9.13 Å². The molecule has 2 aromatic carbocycles. The summed E-state index contributed by atoms with van der Waals surface area (Å²) in [5.74, 6) is -1.02.